The lowest BCUT2D eigenvalue weighted by atomic mass is 10.2. The topological polar surface area (TPSA) is 90.2 Å². The van der Waals surface area contributed by atoms with E-state index in [2.05, 4.69) is 4.72 Å². The van der Waals surface area contributed by atoms with Crippen molar-refractivity contribution in [1.82, 2.24) is 0 Å². The van der Waals surface area contributed by atoms with Gasteiger partial charge in [0.2, 0.25) is 0 Å². The van der Waals surface area contributed by atoms with Crippen LogP contribution in [0.5, 0.6) is 5.75 Å². The minimum absolute atomic E-state index is 0.0177. The third-order valence-corrected chi connectivity index (χ3v) is 5.28. The van der Waals surface area contributed by atoms with E-state index in [0.29, 0.717) is 10.4 Å². The van der Waals surface area contributed by atoms with Gasteiger partial charge in [-0.1, -0.05) is 6.07 Å². The van der Waals surface area contributed by atoms with Crippen LogP contribution in [0.2, 0.25) is 0 Å². The summed E-state index contributed by atoms with van der Waals surface area (Å²) in [4.78, 5) is 0.326. The third kappa shape index (κ3) is 2.86. The van der Waals surface area contributed by atoms with Crippen LogP contribution in [0.25, 0.3) is 0 Å². The van der Waals surface area contributed by atoms with Crippen LogP contribution in [-0.2, 0) is 10.0 Å². The standard InChI is InChI=1S/C12H10N2O3S2/c1-8-2-3-9(6-11(8)15)14-19(16,17)12-5-4-10(7-13)18-12/h2-6,14-15H,1H3. The quantitative estimate of drug-likeness (QED) is 0.909. The Labute approximate surface area is 114 Å². The Balaban J connectivity index is 2.31. The first-order valence-electron chi connectivity index (χ1n) is 5.25. The average molecular weight is 294 g/mol. The number of nitrogens with zero attached hydrogens (tertiary/aromatic N) is 1. The minimum atomic E-state index is -3.73. The molecule has 0 aliphatic rings. The van der Waals surface area contributed by atoms with Gasteiger partial charge in [0, 0.05) is 6.07 Å². The van der Waals surface area contributed by atoms with Gasteiger partial charge >= 0.3 is 0 Å². The number of sulfonamides is 1. The second-order valence-corrected chi connectivity index (χ2v) is 6.83. The number of hydrogen-bond acceptors (Lipinski definition) is 5. The number of rotatable bonds is 3. The van der Waals surface area contributed by atoms with Crippen LogP contribution in [0, 0.1) is 18.3 Å². The number of phenolic OH excluding ortho intramolecular Hbond substituents is 1. The van der Waals surface area contributed by atoms with Crippen molar-refractivity contribution in [2.75, 3.05) is 4.72 Å². The summed E-state index contributed by atoms with van der Waals surface area (Å²) in [6.07, 6.45) is 0. The molecule has 0 saturated heterocycles. The van der Waals surface area contributed by atoms with Crippen LogP contribution in [-0.4, -0.2) is 13.5 Å². The SMILES string of the molecule is Cc1ccc(NS(=O)(=O)c2ccc(C#N)s2)cc1O. The summed E-state index contributed by atoms with van der Waals surface area (Å²) in [7, 11) is -3.73. The van der Waals surface area contributed by atoms with Crippen molar-refractivity contribution in [3.05, 3.63) is 40.8 Å². The van der Waals surface area contributed by atoms with Crippen molar-refractivity contribution in [1.29, 1.82) is 5.26 Å². The molecule has 2 N–H and O–H groups in total. The van der Waals surface area contributed by atoms with Crippen LogP contribution in [0.1, 0.15) is 10.4 Å². The van der Waals surface area contributed by atoms with Crippen molar-refractivity contribution in [3.8, 4) is 11.8 Å². The second-order valence-electron chi connectivity index (χ2n) is 3.84. The molecule has 0 amide bonds. The zero-order valence-corrected chi connectivity index (χ0v) is 11.5. The smallest absolute Gasteiger partial charge is 0.271 e. The second kappa shape index (κ2) is 4.91. The van der Waals surface area contributed by atoms with Crippen molar-refractivity contribution < 1.29 is 13.5 Å². The van der Waals surface area contributed by atoms with Crippen LogP contribution in [0.4, 0.5) is 5.69 Å². The summed E-state index contributed by atoms with van der Waals surface area (Å²) in [5.74, 6) is 0.0177. The van der Waals surface area contributed by atoms with Gasteiger partial charge in [-0.15, -0.1) is 11.3 Å². The van der Waals surface area contributed by atoms with Gasteiger partial charge in [-0.2, -0.15) is 5.26 Å². The maximum absolute atomic E-state index is 12.0. The number of hydrogen-bond donors (Lipinski definition) is 2. The fourth-order valence-corrected chi connectivity index (χ4v) is 3.56. The Morgan fingerprint density at radius 3 is 2.63 bits per heavy atom. The molecule has 0 spiro atoms. The van der Waals surface area contributed by atoms with E-state index in [4.69, 9.17) is 5.26 Å². The van der Waals surface area contributed by atoms with E-state index in [0.717, 1.165) is 11.3 Å². The fourth-order valence-electron chi connectivity index (χ4n) is 1.40. The molecule has 0 radical (unpaired) electrons. The Hall–Kier alpha value is -2.04. The number of thiophene rings is 1. The van der Waals surface area contributed by atoms with E-state index in [-0.39, 0.29) is 15.6 Å². The molecular weight excluding hydrogens is 284 g/mol. The molecule has 7 heteroatoms. The first kappa shape index (κ1) is 13.4. The molecule has 2 rings (SSSR count). The third-order valence-electron chi connectivity index (χ3n) is 2.42. The summed E-state index contributed by atoms with van der Waals surface area (Å²) in [5.41, 5.74) is 0.931. The van der Waals surface area contributed by atoms with E-state index in [9.17, 15) is 13.5 Å². The van der Waals surface area contributed by atoms with Gasteiger partial charge in [0.25, 0.3) is 10.0 Å². The number of aromatic hydroxyl groups is 1. The van der Waals surface area contributed by atoms with E-state index in [1.807, 2.05) is 6.07 Å². The Bertz CT molecular complexity index is 758. The first-order chi connectivity index (χ1) is 8.92. The molecule has 0 fully saturated rings. The van der Waals surface area contributed by atoms with E-state index >= 15 is 0 Å². The highest BCUT2D eigenvalue weighted by Gasteiger charge is 2.17. The van der Waals surface area contributed by atoms with Crippen molar-refractivity contribution in [2.45, 2.75) is 11.1 Å². The van der Waals surface area contributed by atoms with Crippen molar-refractivity contribution >= 4 is 27.0 Å². The predicted octanol–water partition coefficient (Wildman–Crippen LogP) is 2.43. The lowest BCUT2D eigenvalue weighted by Crippen LogP contribution is -2.11. The van der Waals surface area contributed by atoms with Crippen molar-refractivity contribution in [3.63, 3.8) is 0 Å². The highest BCUT2D eigenvalue weighted by molar-refractivity contribution is 7.94. The molecule has 0 aliphatic carbocycles. The number of nitriles is 1. The highest BCUT2D eigenvalue weighted by Crippen LogP contribution is 2.26. The van der Waals surface area contributed by atoms with Crippen molar-refractivity contribution in [2.24, 2.45) is 0 Å². The molecule has 19 heavy (non-hydrogen) atoms. The summed E-state index contributed by atoms with van der Waals surface area (Å²) >= 11 is 0.892. The van der Waals surface area contributed by atoms with Gasteiger partial charge in [-0.25, -0.2) is 8.42 Å². The van der Waals surface area contributed by atoms with Gasteiger partial charge in [0.05, 0.1) is 5.69 Å². The molecule has 5 nitrogen and oxygen atoms in total. The number of benzene rings is 1. The molecule has 1 heterocycles. The minimum Gasteiger partial charge on any atom is -0.508 e. The average Bonchev–Trinajstić information content (AvgIpc) is 2.83. The van der Waals surface area contributed by atoms with Crippen LogP contribution in [0.3, 0.4) is 0 Å². The molecule has 0 atom stereocenters. The van der Waals surface area contributed by atoms with Gasteiger partial charge < -0.3 is 5.11 Å². The normalized spacial score (nSPS) is 10.9. The fraction of sp³-hybridized carbons (Fsp3) is 0.0833. The summed E-state index contributed by atoms with van der Waals surface area (Å²) < 4.78 is 26.5. The molecular formula is C12H10N2O3S2. The van der Waals surface area contributed by atoms with Gasteiger partial charge in [-0.3, -0.25) is 4.72 Å². The van der Waals surface area contributed by atoms with E-state index in [1.165, 1.54) is 18.2 Å². The highest BCUT2D eigenvalue weighted by atomic mass is 32.2. The predicted molar refractivity (Wildman–Crippen MR) is 72.7 cm³/mol. The van der Waals surface area contributed by atoms with E-state index < -0.39 is 10.0 Å². The maximum atomic E-state index is 12.0. The number of nitrogens with one attached hydrogen (secondary N) is 1. The molecule has 1 aromatic heterocycles. The van der Waals surface area contributed by atoms with Crippen LogP contribution >= 0.6 is 11.3 Å². The monoisotopic (exact) mass is 294 g/mol. The molecule has 2 aromatic rings. The molecule has 0 saturated carbocycles. The van der Waals surface area contributed by atoms with Gasteiger partial charge in [0.1, 0.15) is 20.9 Å². The van der Waals surface area contributed by atoms with Crippen LogP contribution in [0.15, 0.2) is 34.5 Å². The maximum Gasteiger partial charge on any atom is 0.271 e. The first-order valence-corrected chi connectivity index (χ1v) is 7.55. The summed E-state index contributed by atoms with van der Waals surface area (Å²) in [5, 5.41) is 18.2. The molecule has 0 aliphatic heterocycles. The Morgan fingerprint density at radius 1 is 1.32 bits per heavy atom. The van der Waals surface area contributed by atoms with Gasteiger partial charge in [-0.05, 0) is 30.7 Å². The molecule has 1 aromatic carbocycles. The number of anilines is 1. The Morgan fingerprint density at radius 2 is 2.05 bits per heavy atom. The zero-order valence-electron chi connectivity index (χ0n) is 9.91. The Kier molecular flexibility index (Phi) is 3.46. The number of aryl methyl sites for hydroxylation is 1. The van der Waals surface area contributed by atoms with Gasteiger partial charge in [0.15, 0.2) is 0 Å². The number of phenols is 1. The molecule has 98 valence electrons. The lowest BCUT2D eigenvalue weighted by Gasteiger charge is -2.07. The molecule has 0 bridgehead atoms. The summed E-state index contributed by atoms with van der Waals surface area (Å²) in [6, 6.07) is 9.22. The van der Waals surface area contributed by atoms with Crippen LogP contribution < -0.4 is 4.72 Å². The van der Waals surface area contributed by atoms with E-state index in [1.54, 1.807) is 19.1 Å². The largest absolute Gasteiger partial charge is 0.508 e. The lowest BCUT2D eigenvalue weighted by molar-refractivity contribution is 0.471. The molecule has 0 unspecified atom stereocenters. The zero-order chi connectivity index (χ0) is 14.0. The summed E-state index contributed by atoms with van der Waals surface area (Å²) in [6.45, 7) is 1.71.